The zero-order valence-electron chi connectivity index (χ0n) is 30.0. The maximum absolute atomic E-state index is 5.18. The maximum atomic E-state index is 5.18. The van der Waals surface area contributed by atoms with E-state index in [9.17, 15) is 0 Å². The second-order valence-corrected chi connectivity index (χ2v) is 14.4. The second-order valence-electron chi connectivity index (χ2n) is 14.4. The molecule has 0 atom stereocenters. The highest BCUT2D eigenvalue weighted by Crippen LogP contribution is 2.45. The molecule has 10 aromatic carbocycles. The van der Waals surface area contributed by atoms with Crippen LogP contribution in [-0.2, 0) is 0 Å². The number of hydrogen-bond donors (Lipinski definition) is 0. The Kier molecular flexibility index (Phi) is 7.21. The molecule has 0 aliphatic heterocycles. The molecule has 1 aromatic heterocycles. The van der Waals surface area contributed by atoms with E-state index >= 15 is 0 Å². The van der Waals surface area contributed by atoms with Crippen LogP contribution in [0, 0.1) is 0 Å². The van der Waals surface area contributed by atoms with Gasteiger partial charge in [0.15, 0.2) is 0 Å². The van der Waals surface area contributed by atoms with E-state index in [1.54, 1.807) is 0 Å². The third-order valence-corrected chi connectivity index (χ3v) is 11.2. The van der Waals surface area contributed by atoms with Crippen molar-refractivity contribution in [1.82, 2.24) is 9.55 Å². The molecule has 0 aliphatic rings. The number of hydrogen-bond acceptors (Lipinski definition) is 1. The molecular weight excluding hydrogens is 665 g/mol. The normalized spacial score (nSPS) is 11.6. The SMILES string of the molecule is c1ccc(-c2c3ccccc3c(-c3ccc4ccccc4c3)c3cc(-c4ccc(-c5nc6ccccc6n5-c5ccc6ccccc6c5)cc4)ccc23)cc1. The van der Waals surface area contributed by atoms with Gasteiger partial charge in [0.2, 0.25) is 0 Å². The molecule has 2 heteroatoms. The lowest BCUT2D eigenvalue weighted by atomic mass is 9.84. The van der Waals surface area contributed by atoms with Gasteiger partial charge in [0.1, 0.15) is 5.82 Å². The van der Waals surface area contributed by atoms with E-state index in [1.165, 1.54) is 70.9 Å². The Morgan fingerprint density at radius 2 is 0.855 bits per heavy atom. The van der Waals surface area contributed by atoms with Crippen molar-refractivity contribution >= 4 is 54.1 Å². The smallest absolute Gasteiger partial charge is 0.145 e. The second kappa shape index (κ2) is 12.7. The third kappa shape index (κ3) is 5.22. The first kappa shape index (κ1) is 31.3. The van der Waals surface area contributed by atoms with Crippen LogP contribution in [0.3, 0.4) is 0 Å². The molecule has 0 amide bonds. The first-order valence-electron chi connectivity index (χ1n) is 18.9. The predicted molar refractivity (Wildman–Crippen MR) is 233 cm³/mol. The summed E-state index contributed by atoms with van der Waals surface area (Å²) in [6.07, 6.45) is 0. The quantitative estimate of drug-likeness (QED) is 0.164. The molecule has 0 unspecified atom stereocenters. The van der Waals surface area contributed by atoms with Crippen LogP contribution in [0.15, 0.2) is 206 Å². The average molecular weight is 699 g/mol. The van der Waals surface area contributed by atoms with Gasteiger partial charge in [-0.25, -0.2) is 4.98 Å². The Morgan fingerprint density at radius 1 is 0.309 bits per heavy atom. The van der Waals surface area contributed by atoms with Crippen LogP contribution in [-0.4, -0.2) is 9.55 Å². The summed E-state index contributed by atoms with van der Waals surface area (Å²) >= 11 is 0. The molecule has 256 valence electrons. The van der Waals surface area contributed by atoms with Crippen LogP contribution in [0.4, 0.5) is 0 Å². The van der Waals surface area contributed by atoms with Crippen LogP contribution in [0.1, 0.15) is 0 Å². The fourth-order valence-corrected chi connectivity index (χ4v) is 8.54. The van der Waals surface area contributed by atoms with Crippen molar-refractivity contribution in [1.29, 1.82) is 0 Å². The lowest BCUT2D eigenvalue weighted by molar-refractivity contribution is 1.11. The third-order valence-electron chi connectivity index (χ3n) is 11.2. The van der Waals surface area contributed by atoms with Crippen molar-refractivity contribution < 1.29 is 0 Å². The van der Waals surface area contributed by atoms with Gasteiger partial charge in [0, 0.05) is 11.3 Å². The summed E-state index contributed by atoms with van der Waals surface area (Å²) in [5.41, 5.74) is 11.6. The van der Waals surface area contributed by atoms with Crippen LogP contribution in [0.5, 0.6) is 0 Å². The molecule has 11 aromatic rings. The molecule has 0 aliphatic carbocycles. The lowest BCUT2D eigenvalue weighted by Crippen LogP contribution is -1.97. The van der Waals surface area contributed by atoms with E-state index in [4.69, 9.17) is 4.98 Å². The van der Waals surface area contributed by atoms with E-state index in [0.29, 0.717) is 0 Å². The Balaban J connectivity index is 1.09. The molecule has 0 N–H and O–H groups in total. The monoisotopic (exact) mass is 698 g/mol. The van der Waals surface area contributed by atoms with Crippen molar-refractivity contribution in [3.05, 3.63) is 206 Å². The van der Waals surface area contributed by atoms with Crippen molar-refractivity contribution in [2.24, 2.45) is 0 Å². The van der Waals surface area contributed by atoms with E-state index in [0.717, 1.165) is 33.7 Å². The zero-order valence-corrected chi connectivity index (χ0v) is 30.0. The van der Waals surface area contributed by atoms with Crippen molar-refractivity contribution in [2.45, 2.75) is 0 Å². The minimum atomic E-state index is 0.930. The topological polar surface area (TPSA) is 17.8 Å². The molecule has 0 saturated carbocycles. The molecule has 1 heterocycles. The van der Waals surface area contributed by atoms with Gasteiger partial charge >= 0.3 is 0 Å². The number of fused-ring (bicyclic) bond motifs is 5. The van der Waals surface area contributed by atoms with Gasteiger partial charge in [-0.15, -0.1) is 0 Å². The highest BCUT2D eigenvalue weighted by molar-refractivity contribution is 6.22. The minimum Gasteiger partial charge on any atom is -0.292 e. The highest BCUT2D eigenvalue weighted by atomic mass is 15.1. The number of para-hydroxylation sites is 2. The first-order chi connectivity index (χ1) is 27.3. The fraction of sp³-hybridized carbons (Fsp3) is 0. The average Bonchev–Trinajstić information content (AvgIpc) is 3.65. The van der Waals surface area contributed by atoms with Crippen molar-refractivity contribution in [3.63, 3.8) is 0 Å². The standard InChI is InChI=1S/C53H34N2/c1-2-14-38(15-3-1)51-45-18-8-9-19-46(45)52(43-27-24-35-12-4-6-16-40(35)32-43)48-34-42(29-31-47(48)51)37-22-25-39(26-23-37)53-54-49-20-10-11-21-50(49)55(53)44-30-28-36-13-5-7-17-41(36)33-44/h1-34H. The molecule has 2 nitrogen and oxygen atoms in total. The van der Waals surface area contributed by atoms with Gasteiger partial charge in [0.25, 0.3) is 0 Å². The molecule has 11 rings (SSSR count). The summed E-state index contributed by atoms with van der Waals surface area (Å²) in [7, 11) is 0. The van der Waals surface area contributed by atoms with Gasteiger partial charge in [-0.2, -0.15) is 0 Å². The summed E-state index contributed by atoms with van der Waals surface area (Å²) in [5, 5.41) is 9.93. The minimum absolute atomic E-state index is 0.930. The van der Waals surface area contributed by atoms with E-state index in [1.807, 2.05) is 0 Å². The highest BCUT2D eigenvalue weighted by Gasteiger charge is 2.19. The van der Waals surface area contributed by atoms with Gasteiger partial charge in [-0.1, -0.05) is 170 Å². The number of aromatic nitrogens is 2. The predicted octanol–water partition coefficient (Wildman–Crippen LogP) is 14.3. The molecular formula is C53H34N2. The molecule has 55 heavy (non-hydrogen) atoms. The Labute approximate surface area is 319 Å². The van der Waals surface area contributed by atoms with Gasteiger partial charge in [-0.3, -0.25) is 4.57 Å². The maximum Gasteiger partial charge on any atom is 0.145 e. The number of nitrogens with zero attached hydrogens (tertiary/aromatic N) is 2. The van der Waals surface area contributed by atoms with Crippen molar-refractivity contribution in [3.8, 4) is 50.5 Å². The number of benzene rings is 10. The van der Waals surface area contributed by atoms with Gasteiger partial charge in [0.05, 0.1) is 11.0 Å². The van der Waals surface area contributed by atoms with Crippen LogP contribution >= 0.6 is 0 Å². The summed E-state index contributed by atoms with van der Waals surface area (Å²) < 4.78 is 2.29. The first-order valence-corrected chi connectivity index (χ1v) is 18.9. The summed E-state index contributed by atoms with van der Waals surface area (Å²) in [6.45, 7) is 0. The molecule has 0 spiro atoms. The molecule has 0 saturated heterocycles. The number of imidazole rings is 1. The van der Waals surface area contributed by atoms with E-state index in [2.05, 4.69) is 211 Å². The molecule has 0 radical (unpaired) electrons. The number of rotatable bonds is 5. The lowest BCUT2D eigenvalue weighted by Gasteiger charge is -2.19. The van der Waals surface area contributed by atoms with Gasteiger partial charge in [-0.05, 0) is 113 Å². The fourth-order valence-electron chi connectivity index (χ4n) is 8.54. The zero-order chi connectivity index (χ0) is 36.3. The van der Waals surface area contributed by atoms with Gasteiger partial charge < -0.3 is 0 Å². The van der Waals surface area contributed by atoms with Crippen LogP contribution in [0.25, 0.3) is 105 Å². The molecule has 0 fully saturated rings. The van der Waals surface area contributed by atoms with E-state index < -0.39 is 0 Å². The van der Waals surface area contributed by atoms with Crippen LogP contribution in [0.2, 0.25) is 0 Å². The summed E-state index contributed by atoms with van der Waals surface area (Å²) in [6, 6.07) is 74.8. The van der Waals surface area contributed by atoms with E-state index in [-0.39, 0.29) is 0 Å². The Bertz CT molecular complexity index is 3240. The summed E-state index contributed by atoms with van der Waals surface area (Å²) in [5.74, 6) is 0.930. The van der Waals surface area contributed by atoms with Crippen LogP contribution < -0.4 is 0 Å². The largest absolute Gasteiger partial charge is 0.292 e. The van der Waals surface area contributed by atoms with Crippen molar-refractivity contribution in [2.75, 3.05) is 0 Å². The Morgan fingerprint density at radius 3 is 1.62 bits per heavy atom. The molecule has 0 bridgehead atoms. The summed E-state index contributed by atoms with van der Waals surface area (Å²) in [4.78, 5) is 5.18. The Hall–Kier alpha value is -7.29.